The van der Waals surface area contributed by atoms with Crippen LogP contribution in [0.3, 0.4) is 0 Å². The van der Waals surface area contributed by atoms with E-state index in [1.807, 2.05) is 30.3 Å². The summed E-state index contributed by atoms with van der Waals surface area (Å²) in [4.78, 5) is 24.4. The zero-order chi connectivity index (χ0) is 26.4. The largest absolute Gasteiger partial charge is 0.481 e. The molecule has 2 aromatic heterocycles. The van der Waals surface area contributed by atoms with E-state index in [-0.39, 0.29) is 12.2 Å². The number of fused-ring (bicyclic) bond motifs is 1. The number of anilines is 1. The van der Waals surface area contributed by atoms with E-state index >= 15 is 0 Å². The first-order chi connectivity index (χ1) is 17.9. The number of methoxy groups -OCH3 is 2. The van der Waals surface area contributed by atoms with Crippen molar-refractivity contribution in [1.82, 2.24) is 9.97 Å². The highest BCUT2D eigenvalue weighted by Crippen LogP contribution is 2.36. The summed E-state index contributed by atoms with van der Waals surface area (Å²) in [5.41, 5.74) is 5.16. The molecule has 0 spiro atoms. The molecule has 0 bridgehead atoms. The maximum Gasteiger partial charge on any atom is 0.303 e. The maximum atomic E-state index is 14.2. The van der Waals surface area contributed by atoms with Crippen molar-refractivity contribution in [3.63, 3.8) is 0 Å². The Balaban J connectivity index is 1.80. The lowest BCUT2D eigenvalue weighted by Crippen LogP contribution is -2.09. The van der Waals surface area contributed by atoms with Gasteiger partial charge in [-0.3, -0.25) is 9.79 Å². The molecule has 0 aliphatic heterocycles. The van der Waals surface area contributed by atoms with Gasteiger partial charge in [0.05, 0.1) is 31.1 Å². The first kappa shape index (κ1) is 25.6. The zero-order valence-electron chi connectivity index (χ0n) is 20.8. The summed E-state index contributed by atoms with van der Waals surface area (Å²) >= 11 is 0. The third-order valence-corrected chi connectivity index (χ3v) is 5.82. The number of nitrogens with one attached hydrogen (secondary N) is 1. The van der Waals surface area contributed by atoms with Gasteiger partial charge in [0.2, 0.25) is 11.8 Å². The van der Waals surface area contributed by atoms with Gasteiger partial charge in [-0.2, -0.15) is 4.98 Å². The number of aromatic nitrogens is 2. The first-order valence-corrected chi connectivity index (χ1v) is 11.7. The van der Waals surface area contributed by atoms with Gasteiger partial charge in [0.15, 0.2) is 0 Å². The Morgan fingerprint density at radius 3 is 2.49 bits per heavy atom. The number of nitrogens with zero attached hydrogens (tertiary/aromatic N) is 3. The highest BCUT2D eigenvalue weighted by Gasteiger charge is 2.17. The number of ether oxygens (including phenoxy) is 2. The summed E-state index contributed by atoms with van der Waals surface area (Å²) in [6, 6.07) is 15.9. The van der Waals surface area contributed by atoms with Crippen LogP contribution in [0.5, 0.6) is 11.8 Å². The van der Waals surface area contributed by atoms with Crippen molar-refractivity contribution < 1.29 is 23.8 Å². The average molecular weight is 503 g/mol. The molecule has 0 unspecified atom stereocenters. The summed E-state index contributed by atoms with van der Waals surface area (Å²) < 4.78 is 24.8. The van der Waals surface area contributed by atoms with E-state index in [4.69, 9.17) is 19.6 Å². The lowest BCUT2D eigenvalue weighted by molar-refractivity contribution is -0.137. The second-order valence-corrected chi connectivity index (χ2v) is 8.21. The van der Waals surface area contributed by atoms with E-state index < -0.39 is 5.97 Å². The van der Waals surface area contributed by atoms with Gasteiger partial charge in [-0.1, -0.05) is 24.3 Å². The highest BCUT2D eigenvalue weighted by molar-refractivity contribution is 6.06. The Hall–Kier alpha value is -4.53. The van der Waals surface area contributed by atoms with Crippen LogP contribution < -0.4 is 14.8 Å². The number of carboxylic acid groups (broad SMARTS) is 1. The van der Waals surface area contributed by atoms with Crippen LogP contribution in [-0.4, -0.2) is 55.1 Å². The number of aliphatic carboxylic acids is 1. The smallest absolute Gasteiger partial charge is 0.303 e. The molecule has 9 heteroatoms. The fraction of sp³-hybridized carbons (Fsp3) is 0.214. The molecule has 2 N–H and O–H groups in total. The van der Waals surface area contributed by atoms with Gasteiger partial charge in [0.25, 0.3) is 0 Å². The summed E-state index contributed by atoms with van der Waals surface area (Å²) in [6.45, 7) is 0.398. The molecule has 2 aromatic carbocycles. The third-order valence-electron chi connectivity index (χ3n) is 5.82. The van der Waals surface area contributed by atoms with Crippen molar-refractivity contribution in [2.75, 3.05) is 33.1 Å². The van der Waals surface area contributed by atoms with E-state index in [0.29, 0.717) is 52.6 Å². The number of hydrogen-bond donors (Lipinski definition) is 2. The van der Waals surface area contributed by atoms with Crippen LogP contribution in [0.1, 0.15) is 18.4 Å². The van der Waals surface area contributed by atoms with Crippen molar-refractivity contribution in [3.05, 3.63) is 66.0 Å². The standard InChI is InChI=1S/C28H27FN4O4/c1-30-16-22-26(18-8-6-17(7-9-18)20-11-13-24(36-2)33-28(20)37-3)32-23-12-10-19(29)15-21(23)27(22)31-14-4-5-25(34)35/h6-13,15-16H,4-5,14H2,1-3H3,(H,31,32)(H,34,35). The van der Waals surface area contributed by atoms with Gasteiger partial charge >= 0.3 is 5.97 Å². The van der Waals surface area contributed by atoms with Gasteiger partial charge < -0.3 is 19.9 Å². The van der Waals surface area contributed by atoms with Crippen LogP contribution in [0.2, 0.25) is 0 Å². The molecule has 0 atom stereocenters. The van der Waals surface area contributed by atoms with E-state index in [1.54, 1.807) is 39.6 Å². The topological polar surface area (TPSA) is 106 Å². The molecule has 8 nitrogen and oxygen atoms in total. The maximum absolute atomic E-state index is 14.2. The number of halogens is 1. The normalized spacial score (nSPS) is 11.1. The van der Waals surface area contributed by atoms with Crippen molar-refractivity contribution in [1.29, 1.82) is 0 Å². The first-order valence-electron chi connectivity index (χ1n) is 11.7. The zero-order valence-corrected chi connectivity index (χ0v) is 20.8. The van der Waals surface area contributed by atoms with Gasteiger partial charge in [-0.05, 0) is 36.2 Å². The van der Waals surface area contributed by atoms with Crippen molar-refractivity contribution >= 4 is 28.8 Å². The molecule has 0 radical (unpaired) electrons. The molecule has 4 rings (SSSR count). The fourth-order valence-electron chi connectivity index (χ4n) is 4.09. The number of hydrogen-bond acceptors (Lipinski definition) is 7. The Labute approximate surface area is 213 Å². The molecule has 0 aliphatic carbocycles. The molecule has 0 amide bonds. The minimum Gasteiger partial charge on any atom is -0.481 e. The highest BCUT2D eigenvalue weighted by atomic mass is 19.1. The second kappa shape index (κ2) is 11.5. The number of carboxylic acids is 1. The predicted molar refractivity (Wildman–Crippen MR) is 142 cm³/mol. The van der Waals surface area contributed by atoms with Crippen LogP contribution in [0.4, 0.5) is 10.1 Å². The predicted octanol–water partition coefficient (Wildman–Crippen LogP) is 5.45. The molecule has 2 heterocycles. The van der Waals surface area contributed by atoms with Crippen LogP contribution in [0, 0.1) is 5.82 Å². The average Bonchev–Trinajstić information content (AvgIpc) is 2.91. The van der Waals surface area contributed by atoms with Gasteiger partial charge in [0, 0.05) is 54.4 Å². The molecule has 190 valence electrons. The van der Waals surface area contributed by atoms with Gasteiger partial charge in [-0.25, -0.2) is 9.37 Å². The monoisotopic (exact) mass is 502 g/mol. The van der Waals surface area contributed by atoms with Crippen LogP contribution in [0.25, 0.3) is 33.3 Å². The SMILES string of the molecule is CN=Cc1c(-c2ccc(-c3ccc(OC)nc3OC)cc2)nc2ccc(F)cc2c1NCCCC(=O)O. The number of carbonyl (C=O) groups is 1. The summed E-state index contributed by atoms with van der Waals surface area (Å²) in [6.07, 6.45) is 2.12. The van der Waals surface area contributed by atoms with E-state index in [1.165, 1.54) is 12.1 Å². The van der Waals surface area contributed by atoms with Crippen LogP contribution in [-0.2, 0) is 4.79 Å². The fourth-order valence-corrected chi connectivity index (χ4v) is 4.09. The van der Waals surface area contributed by atoms with Gasteiger partial charge in [0.1, 0.15) is 5.82 Å². The number of benzene rings is 2. The second-order valence-electron chi connectivity index (χ2n) is 8.21. The Morgan fingerprint density at radius 1 is 1.05 bits per heavy atom. The van der Waals surface area contributed by atoms with Crippen LogP contribution >= 0.6 is 0 Å². The lowest BCUT2D eigenvalue weighted by atomic mass is 9.98. The van der Waals surface area contributed by atoms with E-state index in [0.717, 1.165) is 16.7 Å². The lowest BCUT2D eigenvalue weighted by Gasteiger charge is -2.17. The molecule has 0 aliphatic rings. The molecular formula is C28H27FN4O4. The minimum atomic E-state index is -0.868. The summed E-state index contributed by atoms with van der Waals surface area (Å²) in [7, 11) is 4.76. The molecular weight excluding hydrogens is 475 g/mol. The summed E-state index contributed by atoms with van der Waals surface area (Å²) in [5, 5.41) is 12.9. The summed E-state index contributed by atoms with van der Waals surface area (Å²) in [5.74, 6) is -0.348. The van der Waals surface area contributed by atoms with E-state index in [9.17, 15) is 9.18 Å². The Morgan fingerprint density at radius 2 is 1.81 bits per heavy atom. The molecule has 37 heavy (non-hydrogen) atoms. The van der Waals surface area contributed by atoms with E-state index in [2.05, 4.69) is 15.3 Å². The Kier molecular flexibility index (Phi) is 7.92. The van der Waals surface area contributed by atoms with Crippen molar-refractivity contribution in [3.8, 4) is 34.1 Å². The number of rotatable bonds is 10. The molecule has 4 aromatic rings. The van der Waals surface area contributed by atoms with Gasteiger partial charge in [-0.15, -0.1) is 0 Å². The number of pyridine rings is 2. The van der Waals surface area contributed by atoms with Crippen molar-refractivity contribution in [2.24, 2.45) is 4.99 Å². The quantitative estimate of drug-likeness (QED) is 0.220. The Bertz CT molecular complexity index is 1460. The van der Waals surface area contributed by atoms with Crippen molar-refractivity contribution in [2.45, 2.75) is 12.8 Å². The third kappa shape index (κ3) is 5.66. The molecule has 0 saturated heterocycles. The van der Waals surface area contributed by atoms with Crippen LogP contribution in [0.15, 0.2) is 59.6 Å². The molecule has 0 saturated carbocycles. The minimum absolute atomic E-state index is 0.0274. The number of aliphatic imine (C=N–C) groups is 1. The molecule has 0 fully saturated rings.